The average Bonchev–Trinajstić information content (AvgIpc) is 3.41. The maximum Gasteiger partial charge on any atom is 0.276 e. The molecule has 0 spiro atoms. The Bertz CT molecular complexity index is 1380. The van der Waals surface area contributed by atoms with Gasteiger partial charge < -0.3 is 10.2 Å². The van der Waals surface area contributed by atoms with Crippen LogP contribution in [-0.2, 0) is 6.42 Å². The van der Waals surface area contributed by atoms with Crippen LogP contribution in [0, 0.1) is 5.82 Å². The molecule has 0 radical (unpaired) electrons. The van der Waals surface area contributed by atoms with Crippen molar-refractivity contribution >= 4 is 28.3 Å². The maximum atomic E-state index is 14.3. The lowest BCUT2D eigenvalue weighted by molar-refractivity contribution is 0.0256. The number of hydrogen-bond donors (Lipinski definition) is 2. The molecule has 0 atom stereocenters. The Morgan fingerprint density at radius 3 is 2.82 bits per heavy atom. The van der Waals surface area contributed by atoms with Gasteiger partial charge >= 0.3 is 0 Å². The highest BCUT2D eigenvalue weighted by molar-refractivity contribution is 6.11. The Hall–Kier alpha value is -3.88. The number of anilines is 2. The predicted molar refractivity (Wildman–Crippen MR) is 125 cm³/mol. The van der Waals surface area contributed by atoms with Crippen molar-refractivity contribution in [1.29, 1.82) is 0 Å². The van der Waals surface area contributed by atoms with Crippen molar-refractivity contribution in [2.24, 2.45) is 0 Å². The highest BCUT2D eigenvalue weighted by Crippen LogP contribution is 2.32. The standard InChI is InChI=1S/C25H22F3N5O/c1-2-17-18(4-3-5-20(17)26)15-6-7-21-19(12-15)23(32-31-21)24(34)30-16-8-10-29-22(13-16)33-11-9-25(27,28)14-33/h3-8,10,12-13H,2,9,11,14H2,1H3,(H,31,32)(H,29,30,34). The number of halogens is 3. The first-order valence-electron chi connectivity index (χ1n) is 11.0. The number of nitrogens with one attached hydrogen (secondary N) is 2. The van der Waals surface area contributed by atoms with Crippen LogP contribution in [0.4, 0.5) is 24.7 Å². The molecule has 1 amide bonds. The normalized spacial score (nSPS) is 15.1. The molecule has 1 fully saturated rings. The summed E-state index contributed by atoms with van der Waals surface area (Å²) in [5.41, 5.74) is 3.41. The molecule has 2 N–H and O–H groups in total. The lowest BCUT2D eigenvalue weighted by atomic mass is 9.96. The van der Waals surface area contributed by atoms with E-state index in [4.69, 9.17) is 0 Å². The van der Waals surface area contributed by atoms with E-state index in [0.29, 0.717) is 34.4 Å². The number of aromatic nitrogens is 3. The summed E-state index contributed by atoms with van der Waals surface area (Å²) < 4.78 is 41.5. The Kier molecular flexibility index (Phi) is 5.47. The lowest BCUT2D eigenvalue weighted by Crippen LogP contribution is -2.25. The minimum atomic E-state index is -2.74. The molecule has 2 aromatic carbocycles. The third-order valence-electron chi connectivity index (χ3n) is 6.06. The summed E-state index contributed by atoms with van der Waals surface area (Å²) >= 11 is 0. The first-order valence-corrected chi connectivity index (χ1v) is 11.0. The van der Waals surface area contributed by atoms with Crippen molar-refractivity contribution in [3.63, 3.8) is 0 Å². The molecule has 0 bridgehead atoms. The number of pyridine rings is 1. The number of benzene rings is 2. The van der Waals surface area contributed by atoms with Gasteiger partial charge in [-0.05, 0) is 47.4 Å². The second-order valence-electron chi connectivity index (χ2n) is 8.34. The van der Waals surface area contributed by atoms with Gasteiger partial charge in [0.2, 0.25) is 0 Å². The molecule has 6 nitrogen and oxygen atoms in total. The van der Waals surface area contributed by atoms with Crippen LogP contribution in [0.3, 0.4) is 0 Å². The van der Waals surface area contributed by atoms with Crippen molar-refractivity contribution in [3.8, 4) is 11.1 Å². The van der Waals surface area contributed by atoms with Crippen LogP contribution in [-0.4, -0.2) is 40.1 Å². The molecular weight excluding hydrogens is 443 g/mol. The number of hydrogen-bond acceptors (Lipinski definition) is 4. The highest BCUT2D eigenvalue weighted by atomic mass is 19.3. The van der Waals surface area contributed by atoms with Gasteiger partial charge in [-0.1, -0.05) is 25.1 Å². The van der Waals surface area contributed by atoms with Gasteiger partial charge in [0.1, 0.15) is 11.6 Å². The second kappa shape index (κ2) is 8.48. The van der Waals surface area contributed by atoms with E-state index < -0.39 is 18.4 Å². The molecule has 34 heavy (non-hydrogen) atoms. The zero-order valence-electron chi connectivity index (χ0n) is 18.4. The molecule has 1 aliphatic heterocycles. The Labute approximate surface area is 193 Å². The molecule has 0 aliphatic carbocycles. The van der Waals surface area contributed by atoms with Crippen LogP contribution in [0.5, 0.6) is 0 Å². The molecule has 174 valence electrons. The quantitative estimate of drug-likeness (QED) is 0.413. The topological polar surface area (TPSA) is 73.9 Å². The minimum Gasteiger partial charge on any atom is -0.350 e. The van der Waals surface area contributed by atoms with Gasteiger partial charge in [-0.15, -0.1) is 0 Å². The Morgan fingerprint density at radius 1 is 1.21 bits per heavy atom. The third-order valence-corrected chi connectivity index (χ3v) is 6.06. The molecular formula is C25H22F3N5O. The monoisotopic (exact) mass is 465 g/mol. The zero-order chi connectivity index (χ0) is 23.9. The van der Waals surface area contributed by atoms with E-state index in [2.05, 4.69) is 20.5 Å². The number of carbonyl (C=O) groups excluding carboxylic acids is 1. The first-order chi connectivity index (χ1) is 16.3. The Morgan fingerprint density at radius 2 is 2.06 bits per heavy atom. The number of carbonyl (C=O) groups is 1. The smallest absolute Gasteiger partial charge is 0.276 e. The molecule has 4 aromatic rings. The molecule has 1 saturated heterocycles. The van der Waals surface area contributed by atoms with E-state index in [1.165, 1.54) is 17.2 Å². The number of nitrogens with zero attached hydrogens (tertiary/aromatic N) is 3. The first kappa shape index (κ1) is 21.9. The van der Waals surface area contributed by atoms with Gasteiger partial charge in [-0.25, -0.2) is 18.2 Å². The summed E-state index contributed by atoms with van der Waals surface area (Å²) in [6.07, 6.45) is 1.78. The second-order valence-corrected chi connectivity index (χ2v) is 8.34. The van der Waals surface area contributed by atoms with Crippen molar-refractivity contribution in [2.75, 3.05) is 23.3 Å². The summed E-state index contributed by atoms with van der Waals surface area (Å²) in [6, 6.07) is 13.6. The van der Waals surface area contributed by atoms with Crippen LogP contribution >= 0.6 is 0 Å². The van der Waals surface area contributed by atoms with Crippen LogP contribution in [0.2, 0.25) is 0 Å². The number of H-pyrrole nitrogens is 1. The molecule has 1 aliphatic rings. The number of fused-ring (bicyclic) bond motifs is 1. The van der Waals surface area contributed by atoms with Crippen molar-refractivity contribution in [1.82, 2.24) is 15.2 Å². The number of rotatable bonds is 5. The van der Waals surface area contributed by atoms with Crippen LogP contribution < -0.4 is 10.2 Å². The van der Waals surface area contributed by atoms with E-state index in [-0.39, 0.29) is 24.5 Å². The summed E-state index contributed by atoms with van der Waals surface area (Å²) in [5.74, 6) is -3.09. The van der Waals surface area contributed by atoms with Gasteiger partial charge in [-0.3, -0.25) is 9.89 Å². The van der Waals surface area contributed by atoms with Crippen LogP contribution in [0.15, 0.2) is 54.7 Å². The van der Waals surface area contributed by atoms with E-state index in [1.54, 1.807) is 24.3 Å². The van der Waals surface area contributed by atoms with E-state index in [1.807, 2.05) is 25.1 Å². The molecule has 9 heteroatoms. The zero-order valence-corrected chi connectivity index (χ0v) is 18.4. The SMILES string of the molecule is CCc1c(F)cccc1-c1ccc2[nH]nc(C(=O)Nc3ccnc(N4CCC(F)(F)C4)c3)c2c1. The lowest BCUT2D eigenvalue weighted by Gasteiger charge is -2.17. The van der Waals surface area contributed by atoms with Gasteiger partial charge in [-0.2, -0.15) is 5.10 Å². The number of amides is 1. The number of alkyl halides is 2. The average molecular weight is 465 g/mol. The highest BCUT2D eigenvalue weighted by Gasteiger charge is 2.38. The summed E-state index contributed by atoms with van der Waals surface area (Å²) in [4.78, 5) is 18.7. The molecule has 3 heterocycles. The van der Waals surface area contributed by atoms with E-state index in [0.717, 1.165) is 11.1 Å². The summed E-state index contributed by atoms with van der Waals surface area (Å²) in [5, 5.41) is 10.4. The van der Waals surface area contributed by atoms with Crippen molar-refractivity contribution < 1.29 is 18.0 Å². The largest absolute Gasteiger partial charge is 0.350 e. The fourth-order valence-corrected chi connectivity index (χ4v) is 4.33. The molecule has 0 unspecified atom stereocenters. The van der Waals surface area contributed by atoms with Crippen molar-refractivity contribution in [2.45, 2.75) is 25.7 Å². The summed E-state index contributed by atoms with van der Waals surface area (Å²) in [6.45, 7) is 1.69. The van der Waals surface area contributed by atoms with Crippen LogP contribution in [0.25, 0.3) is 22.0 Å². The van der Waals surface area contributed by atoms with Gasteiger partial charge in [0.15, 0.2) is 5.69 Å². The third kappa shape index (κ3) is 4.09. The molecule has 0 saturated carbocycles. The van der Waals surface area contributed by atoms with E-state index in [9.17, 15) is 18.0 Å². The van der Waals surface area contributed by atoms with Crippen LogP contribution in [0.1, 0.15) is 29.4 Å². The fourth-order valence-electron chi connectivity index (χ4n) is 4.33. The Balaban J connectivity index is 1.43. The predicted octanol–water partition coefficient (Wildman–Crippen LogP) is 5.42. The van der Waals surface area contributed by atoms with Gasteiger partial charge in [0, 0.05) is 36.3 Å². The van der Waals surface area contributed by atoms with Gasteiger partial charge in [0.25, 0.3) is 11.8 Å². The minimum absolute atomic E-state index is 0.178. The summed E-state index contributed by atoms with van der Waals surface area (Å²) in [7, 11) is 0. The van der Waals surface area contributed by atoms with E-state index >= 15 is 0 Å². The maximum absolute atomic E-state index is 14.3. The van der Waals surface area contributed by atoms with Crippen molar-refractivity contribution in [3.05, 3.63) is 71.8 Å². The molecule has 2 aromatic heterocycles. The molecule has 5 rings (SSSR count). The fraction of sp³-hybridized carbons (Fsp3) is 0.240. The van der Waals surface area contributed by atoms with Gasteiger partial charge in [0.05, 0.1) is 12.1 Å². The number of aromatic amines is 1.